The average molecular weight is 958 g/mol. The van der Waals surface area contributed by atoms with Crippen LogP contribution in [0.15, 0.2) is 73.1 Å². The van der Waals surface area contributed by atoms with Gasteiger partial charge in [-0.3, -0.25) is 14.5 Å². The smallest absolute Gasteiger partial charge is 0.410 e. The van der Waals surface area contributed by atoms with E-state index in [0.717, 1.165) is 64.0 Å². The van der Waals surface area contributed by atoms with Gasteiger partial charge in [-0.1, -0.05) is 82.3 Å². The number of aromatic nitrogens is 4. The highest BCUT2D eigenvalue weighted by Crippen LogP contribution is 2.42. The number of hydrogen-bond acceptors (Lipinski definition) is 12. The van der Waals surface area contributed by atoms with Gasteiger partial charge in [-0.2, -0.15) is 0 Å². The lowest BCUT2D eigenvalue weighted by molar-refractivity contribution is -0.138. The number of imidazole rings is 2. The predicted octanol–water partition coefficient (Wildman–Crippen LogP) is 7.47. The molecule has 9 rings (SSSR count). The van der Waals surface area contributed by atoms with E-state index in [4.69, 9.17) is 33.7 Å². The molecule has 4 aliphatic rings. The molecule has 4 N–H and O–H groups in total. The van der Waals surface area contributed by atoms with Crippen LogP contribution < -0.4 is 20.1 Å². The zero-order valence-corrected chi connectivity index (χ0v) is 40.2. The van der Waals surface area contributed by atoms with E-state index >= 15 is 0 Å². The normalized spacial score (nSPS) is 19.2. The number of alkyl carbamates (subject to hydrolysis) is 2. The van der Waals surface area contributed by atoms with Crippen molar-refractivity contribution >= 4 is 30.1 Å². The zero-order valence-electron chi connectivity index (χ0n) is 40.2. The number of rotatable bonds is 12. The van der Waals surface area contributed by atoms with Gasteiger partial charge in [-0.05, 0) is 65.0 Å². The average Bonchev–Trinajstić information content (AvgIpc) is 4.24. The molecule has 4 aliphatic heterocycles. The van der Waals surface area contributed by atoms with Crippen LogP contribution in [0.1, 0.15) is 88.2 Å². The van der Waals surface area contributed by atoms with Crippen LogP contribution in [0.4, 0.5) is 14.4 Å². The van der Waals surface area contributed by atoms with E-state index in [0.29, 0.717) is 42.8 Å². The summed E-state index contributed by atoms with van der Waals surface area (Å²) in [4.78, 5) is 87.6. The number of piperidine rings is 1. The molecule has 3 aromatic carbocycles. The van der Waals surface area contributed by atoms with E-state index in [1.807, 2.05) is 93.3 Å². The molecule has 2 aromatic heterocycles. The van der Waals surface area contributed by atoms with Gasteiger partial charge < -0.3 is 54.1 Å². The molecule has 0 bridgehead atoms. The van der Waals surface area contributed by atoms with Crippen LogP contribution in [0.3, 0.4) is 0 Å². The maximum Gasteiger partial charge on any atom is 0.410 e. The molecule has 0 spiro atoms. The maximum absolute atomic E-state index is 14.3. The number of carbonyl (C=O) groups is 5. The number of ether oxygens (including phenoxy) is 5. The lowest BCUT2D eigenvalue weighted by Crippen LogP contribution is -2.53. The summed E-state index contributed by atoms with van der Waals surface area (Å²) in [6.45, 7) is 8.93. The van der Waals surface area contributed by atoms with E-state index in [9.17, 15) is 24.0 Å². The molecule has 2 unspecified atom stereocenters. The Hall–Kier alpha value is -7.57. The van der Waals surface area contributed by atoms with Gasteiger partial charge in [0.05, 0.1) is 63.2 Å². The van der Waals surface area contributed by atoms with Crippen molar-refractivity contribution in [2.24, 2.45) is 11.8 Å². The SMILES string of the molecule is COC(=O)N[C@H](C(=O)N1CCCCC1c1ncc(-c2ccc(-c3ccc(-c4cnc(C5C[C@H](OC(=O)N6Cc7ccc8c(c7C6)OCO8)CN5C(=O)[C@@H](NC(=O)OC)C(C)C)[nH]4)cc3)cc2)[nH]1)C(C)C. The first-order valence-corrected chi connectivity index (χ1v) is 23.8. The molecule has 2 fully saturated rings. The minimum Gasteiger partial charge on any atom is -0.454 e. The van der Waals surface area contributed by atoms with Crippen molar-refractivity contribution < 1.29 is 47.7 Å². The number of amides is 5. The van der Waals surface area contributed by atoms with Crippen LogP contribution in [-0.4, -0.2) is 117 Å². The molecule has 0 radical (unpaired) electrons. The van der Waals surface area contributed by atoms with Crippen LogP contribution >= 0.6 is 0 Å². The van der Waals surface area contributed by atoms with Gasteiger partial charge in [-0.25, -0.2) is 24.4 Å². The van der Waals surface area contributed by atoms with Crippen molar-refractivity contribution in [3.63, 3.8) is 0 Å². The molecule has 19 nitrogen and oxygen atoms in total. The highest BCUT2D eigenvalue weighted by atomic mass is 16.7. The quantitative estimate of drug-likeness (QED) is 0.0895. The molecule has 19 heteroatoms. The Morgan fingerprint density at radius 3 is 1.81 bits per heavy atom. The van der Waals surface area contributed by atoms with Crippen LogP contribution in [-0.2, 0) is 36.9 Å². The molecule has 368 valence electrons. The summed E-state index contributed by atoms with van der Waals surface area (Å²) in [5.41, 5.74) is 7.24. The Labute approximate surface area is 405 Å². The Bertz CT molecular complexity index is 2740. The molecule has 2 saturated heterocycles. The highest BCUT2D eigenvalue weighted by Gasteiger charge is 2.44. The standard InChI is InChI=1S/C51H59N9O10/c1-28(2)42(56-49(63)66-5)47(61)59-20-8-7-9-39(59)45-52-22-37(54-45)32-14-10-30(11-15-32)31-12-16-33(17-13-31)38-23-53-46(55-38)40-21-35(25-60(40)48(62)43(29(3)4)57-50(64)67-6)70-51(65)58-24-34-18-19-41-44(36(34)26-58)69-27-68-41/h10-19,22-23,28-29,35,39-40,42-43H,7-9,20-21,24-27H2,1-6H3,(H,52,54)(H,53,55)(H,56,63)(H,57,64)/t35-,39?,40?,42-,43-/m0/s1. The molecule has 5 amide bonds. The third kappa shape index (κ3) is 9.69. The first-order chi connectivity index (χ1) is 33.8. The number of hydrogen-bond donors (Lipinski definition) is 4. The lowest BCUT2D eigenvalue weighted by Gasteiger charge is -2.37. The van der Waals surface area contributed by atoms with Crippen LogP contribution in [0.25, 0.3) is 33.6 Å². The van der Waals surface area contributed by atoms with Gasteiger partial charge in [-0.15, -0.1) is 0 Å². The van der Waals surface area contributed by atoms with Gasteiger partial charge in [0.2, 0.25) is 18.6 Å². The van der Waals surface area contributed by atoms with Crippen LogP contribution in [0.2, 0.25) is 0 Å². The number of H-pyrrole nitrogens is 2. The van der Waals surface area contributed by atoms with Crippen molar-refractivity contribution in [2.75, 3.05) is 34.1 Å². The number of aromatic amines is 2. The molecule has 0 aliphatic carbocycles. The second-order valence-electron chi connectivity index (χ2n) is 18.8. The number of carbonyl (C=O) groups excluding carboxylic acids is 5. The van der Waals surface area contributed by atoms with E-state index in [1.54, 1.807) is 22.2 Å². The highest BCUT2D eigenvalue weighted by molar-refractivity contribution is 5.87. The number of nitrogens with zero attached hydrogens (tertiary/aromatic N) is 5. The molecule has 5 aromatic rings. The summed E-state index contributed by atoms with van der Waals surface area (Å²) in [5.74, 6) is 1.61. The number of methoxy groups -OCH3 is 2. The minimum absolute atomic E-state index is 0.0934. The number of benzene rings is 3. The van der Waals surface area contributed by atoms with Crippen molar-refractivity contribution in [3.05, 3.63) is 95.8 Å². The van der Waals surface area contributed by atoms with Gasteiger partial charge in [0.25, 0.3) is 0 Å². The number of fused-ring (bicyclic) bond motifs is 3. The van der Waals surface area contributed by atoms with Crippen LogP contribution in [0, 0.1) is 11.8 Å². The lowest BCUT2D eigenvalue weighted by atomic mass is 9.97. The van der Waals surface area contributed by atoms with Crippen molar-refractivity contribution in [1.29, 1.82) is 0 Å². The summed E-state index contributed by atoms with van der Waals surface area (Å²) in [6.07, 6.45) is 3.85. The molecule has 5 atom stereocenters. The predicted molar refractivity (Wildman–Crippen MR) is 255 cm³/mol. The van der Waals surface area contributed by atoms with Crippen molar-refractivity contribution in [2.45, 2.75) is 96.7 Å². The second kappa shape index (κ2) is 20.2. The first-order valence-electron chi connectivity index (χ1n) is 23.8. The fraction of sp³-hybridized carbons (Fsp3) is 0.431. The molecule has 6 heterocycles. The monoisotopic (exact) mass is 957 g/mol. The summed E-state index contributed by atoms with van der Waals surface area (Å²) in [6, 6.07) is 17.5. The van der Waals surface area contributed by atoms with Crippen LogP contribution in [0.5, 0.6) is 11.5 Å². The Morgan fingerprint density at radius 2 is 1.24 bits per heavy atom. The summed E-state index contributed by atoms with van der Waals surface area (Å²) < 4.78 is 27.0. The van der Waals surface area contributed by atoms with Gasteiger partial charge in [0.1, 0.15) is 29.8 Å². The third-order valence-electron chi connectivity index (χ3n) is 13.6. The van der Waals surface area contributed by atoms with Crippen molar-refractivity contribution in [3.8, 4) is 45.1 Å². The largest absolute Gasteiger partial charge is 0.454 e. The zero-order chi connectivity index (χ0) is 49.2. The molecular formula is C51H59N9O10. The van der Waals surface area contributed by atoms with E-state index < -0.39 is 42.5 Å². The summed E-state index contributed by atoms with van der Waals surface area (Å²) in [7, 11) is 2.53. The van der Waals surface area contributed by atoms with Crippen molar-refractivity contribution in [1.82, 2.24) is 45.3 Å². The molecule has 0 saturated carbocycles. The molecular weight excluding hydrogens is 899 g/mol. The third-order valence-corrected chi connectivity index (χ3v) is 13.6. The topological polar surface area (TPSA) is 223 Å². The fourth-order valence-electron chi connectivity index (χ4n) is 9.80. The maximum atomic E-state index is 14.3. The van der Waals surface area contributed by atoms with Gasteiger partial charge in [0, 0.05) is 25.1 Å². The number of likely N-dealkylation sites (tertiary alicyclic amines) is 2. The first kappa shape index (κ1) is 47.5. The Balaban J connectivity index is 0.878. The van der Waals surface area contributed by atoms with E-state index in [2.05, 4.69) is 20.6 Å². The summed E-state index contributed by atoms with van der Waals surface area (Å²) in [5, 5.41) is 5.40. The Kier molecular flexibility index (Phi) is 13.7. The minimum atomic E-state index is -0.901. The molecule has 70 heavy (non-hydrogen) atoms. The van der Waals surface area contributed by atoms with E-state index in [-0.39, 0.29) is 49.5 Å². The Morgan fingerprint density at radius 1 is 0.686 bits per heavy atom. The fourth-order valence-corrected chi connectivity index (χ4v) is 9.80. The summed E-state index contributed by atoms with van der Waals surface area (Å²) >= 11 is 0. The van der Waals surface area contributed by atoms with Gasteiger partial charge >= 0.3 is 18.3 Å². The second-order valence-corrected chi connectivity index (χ2v) is 18.8. The van der Waals surface area contributed by atoms with E-state index in [1.165, 1.54) is 14.2 Å². The van der Waals surface area contributed by atoms with Gasteiger partial charge in [0.15, 0.2) is 11.5 Å². The number of nitrogens with one attached hydrogen (secondary N) is 4.